The monoisotopic (exact) mass is 278 g/mol. The Balaban J connectivity index is 1.54. The molecule has 1 heterocycles. The van der Waals surface area contributed by atoms with Gasteiger partial charge in [0.2, 0.25) is 0 Å². The van der Waals surface area contributed by atoms with Crippen LogP contribution in [-0.4, -0.2) is 4.98 Å². The van der Waals surface area contributed by atoms with Gasteiger partial charge < -0.3 is 9.73 Å². The summed E-state index contributed by atoms with van der Waals surface area (Å²) in [6, 6.07) is 14.6. The highest BCUT2D eigenvalue weighted by Gasteiger charge is 2.28. The molecule has 0 bridgehead atoms. The van der Waals surface area contributed by atoms with Gasteiger partial charge >= 0.3 is 0 Å². The molecule has 0 amide bonds. The highest BCUT2D eigenvalue weighted by Crippen LogP contribution is 2.40. The maximum Gasteiger partial charge on any atom is 0.198 e. The fourth-order valence-electron chi connectivity index (χ4n) is 2.57. The topological polar surface area (TPSA) is 38.1 Å². The predicted molar refractivity (Wildman–Crippen MR) is 84.5 cm³/mol. The van der Waals surface area contributed by atoms with Crippen molar-refractivity contribution in [3.8, 4) is 0 Å². The van der Waals surface area contributed by atoms with Crippen LogP contribution in [0.1, 0.15) is 35.8 Å². The Morgan fingerprint density at radius 3 is 2.86 bits per heavy atom. The van der Waals surface area contributed by atoms with Gasteiger partial charge in [-0.05, 0) is 49.1 Å². The summed E-state index contributed by atoms with van der Waals surface area (Å²) in [5.41, 5.74) is 5.55. The lowest BCUT2D eigenvalue weighted by molar-refractivity contribution is 0.533. The van der Waals surface area contributed by atoms with E-state index in [4.69, 9.17) is 4.42 Å². The average molecular weight is 278 g/mol. The fourth-order valence-corrected chi connectivity index (χ4v) is 2.57. The zero-order chi connectivity index (χ0) is 14.2. The van der Waals surface area contributed by atoms with Gasteiger partial charge in [0, 0.05) is 18.2 Å². The number of hydrogen-bond acceptors (Lipinski definition) is 3. The molecule has 3 heteroatoms. The quantitative estimate of drug-likeness (QED) is 0.756. The molecule has 106 valence electrons. The molecule has 0 saturated heterocycles. The Morgan fingerprint density at radius 2 is 2.05 bits per heavy atom. The van der Waals surface area contributed by atoms with Crippen LogP contribution in [0.5, 0.6) is 0 Å². The Bertz CT molecular complexity index is 787. The van der Waals surface area contributed by atoms with Crippen molar-refractivity contribution < 1.29 is 4.42 Å². The van der Waals surface area contributed by atoms with Gasteiger partial charge in [-0.3, -0.25) is 0 Å². The van der Waals surface area contributed by atoms with Gasteiger partial charge in [-0.25, -0.2) is 4.98 Å². The standard InChI is InChI=1S/C18H18N2O/c1-12-4-2-3-5-14(12)11-19-15-8-9-17-16(10-15)20-18(21-17)13-6-7-13/h2-5,8-10,13,19H,6-7,11H2,1H3. The van der Waals surface area contributed by atoms with Crippen molar-refractivity contribution in [1.82, 2.24) is 4.98 Å². The van der Waals surface area contributed by atoms with Gasteiger partial charge in [-0.2, -0.15) is 0 Å². The first-order valence-corrected chi connectivity index (χ1v) is 7.48. The number of benzene rings is 2. The lowest BCUT2D eigenvalue weighted by atomic mass is 10.1. The summed E-state index contributed by atoms with van der Waals surface area (Å²) in [6.45, 7) is 2.96. The Morgan fingerprint density at radius 1 is 1.19 bits per heavy atom. The molecule has 1 aromatic heterocycles. The Labute approximate surface area is 124 Å². The van der Waals surface area contributed by atoms with E-state index in [-0.39, 0.29) is 0 Å². The second-order valence-corrected chi connectivity index (χ2v) is 5.79. The van der Waals surface area contributed by atoms with Crippen LogP contribution in [0.2, 0.25) is 0 Å². The van der Waals surface area contributed by atoms with Crippen LogP contribution in [0.3, 0.4) is 0 Å². The Hall–Kier alpha value is -2.29. The molecule has 21 heavy (non-hydrogen) atoms. The zero-order valence-electron chi connectivity index (χ0n) is 12.1. The molecule has 4 rings (SSSR count). The van der Waals surface area contributed by atoms with E-state index in [0.29, 0.717) is 5.92 Å². The third-order valence-electron chi connectivity index (χ3n) is 4.07. The number of nitrogens with one attached hydrogen (secondary N) is 1. The van der Waals surface area contributed by atoms with Gasteiger partial charge in [-0.1, -0.05) is 24.3 Å². The molecule has 0 unspecified atom stereocenters. The normalized spacial score (nSPS) is 14.5. The molecule has 3 aromatic rings. The number of hydrogen-bond donors (Lipinski definition) is 1. The molecule has 1 N–H and O–H groups in total. The smallest absolute Gasteiger partial charge is 0.198 e. The van der Waals surface area contributed by atoms with Crippen molar-refractivity contribution in [3.63, 3.8) is 0 Å². The Kier molecular flexibility index (Phi) is 2.92. The molecule has 1 fully saturated rings. The van der Waals surface area contributed by atoms with E-state index in [1.807, 2.05) is 6.07 Å². The summed E-state index contributed by atoms with van der Waals surface area (Å²) >= 11 is 0. The second kappa shape index (κ2) is 4.92. The molecule has 0 aliphatic heterocycles. The lowest BCUT2D eigenvalue weighted by Crippen LogP contribution is -2.00. The highest BCUT2D eigenvalue weighted by atomic mass is 16.3. The number of fused-ring (bicyclic) bond motifs is 1. The summed E-state index contributed by atoms with van der Waals surface area (Å²) < 4.78 is 5.79. The molecule has 3 nitrogen and oxygen atoms in total. The first-order chi connectivity index (χ1) is 10.3. The van der Waals surface area contributed by atoms with Crippen LogP contribution < -0.4 is 5.32 Å². The number of aromatic nitrogens is 1. The van der Waals surface area contributed by atoms with E-state index in [1.54, 1.807) is 0 Å². The lowest BCUT2D eigenvalue weighted by Gasteiger charge is -2.08. The van der Waals surface area contributed by atoms with E-state index in [0.717, 1.165) is 29.2 Å². The van der Waals surface area contributed by atoms with Gasteiger partial charge in [0.25, 0.3) is 0 Å². The first kappa shape index (κ1) is 12.5. The SMILES string of the molecule is Cc1ccccc1CNc1ccc2oc(C3CC3)nc2c1. The van der Waals surface area contributed by atoms with E-state index < -0.39 is 0 Å². The van der Waals surface area contributed by atoms with Crippen molar-refractivity contribution in [2.45, 2.75) is 32.2 Å². The van der Waals surface area contributed by atoms with Crippen molar-refractivity contribution in [3.05, 3.63) is 59.5 Å². The molecular formula is C18H18N2O. The summed E-state index contributed by atoms with van der Waals surface area (Å²) in [4.78, 5) is 4.60. The minimum absolute atomic E-state index is 0.556. The molecule has 1 aliphatic rings. The van der Waals surface area contributed by atoms with E-state index in [9.17, 15) is 0 Å². The van der Waals surface area contributed by atoms with Gasteiger partial charge in [0.1, 0.15) is 5.52 Å². The average Bonchev–Trinajstić information content (AvgIpc) is 3.26. The van der Waals surface area contributed by atoms with Crippen LogP contribution in [0, 0.1) is 6.92 Å². The number of nitrogens with zero attached hydrogens (tertiary/aromatic N) is 1. The van der Waals surface area contributed by atoms with E-state index >= 15 is 0 Å². The van der Waals surface area contributed by atoms with Crippen molar-refractivity contribution in [2.75, 3.05) is 5.32 Å². The summed E-state index contributed by atoms with van der Waals surface area (Å²) in [5.74, 6) is 1.46. The first-order valence-electron chi connectivity index (χ1n) is 7.48. The summed E-state index contributed by atoms with van der Waals surface area (Å²) in [7, 11) is 0. The molecule has 1 aliphatic carbocycles. The van der Waals surface area contributed by atoms with Crippen LogP contribution >= 0.6 is 0 Å². The largest absolute Gasteiger partial charge is 0.440 e. The van der Waals surface area contributed by atoms with Crippen LogP contribution in [0.4, 0.5) is 5.69 Å². The molecule has 0 atom stereocenters. The van der Waals surface area contributed by atoms with Gasteiger partial charge in [-0.15, -0.1) is 0 Å². The van der Waals surface area contributed by atoms with E-state index in [2.05, 4.69) is 53.6 Å². The van der Waals surface area contributed by atoms with Crippen LogP contribution in [0.25, 0.3) is 11.1 Å². The maximum atomic E-state index is 5.79. The van der Waals surface area contributed by atoms with Gasteiger partial charge in [0.05, 0.1) is 0 Å². The molecular weight excluding hydrogens is 260 g/mol. The summed E-state index contributed by atoms with van der Waals surface area (Å²) in [6.07, 6.45) is 2.43. The van der Waals surface area contributed by atoms with Crippen LogP contribution in [0.15, 0.2) is 46.9 Å². The molecule has 0 spiro atoms. The third-order valence-corrected chi connectivity index (χ3v) is 4.07. The number of aryl methyl sites for hydroxylation is 1. The predicted octanol–water partition coefficient (Wildman–Crippen LogP) is 4.63. The highest BCUT2D eigenvalue weighted by molar-refractivity contribution is 5.77. The second-order valence-electron chi connectivity index (χ2n) is 5.79. The van der Waals surface area contributed by atoms with Gasteiger partial charge in [0.15, 0.2) is 11.5 Å². The molecule has 2 aromatic carbocycles. The third kappa shape index (κ3) is 2.51. The zero-order valence-corrected chi connectivity index (χ0v) is 12.1. The molecule has 0 radical (unpaired) electrons. The number of oxazole rings is 1. The van der Waals surface area contributed by atoms with Crippen molar-refractivity contribution in [1.29, 1.82) is 0 Å². The van der Waals surface area contributed by atoms with Crippen molar-refractivity contribution in [2.24, 2.45) is 0 Å². The minimum Gasteiger partial charge on any atom is -0.440 e. The minimum atomic E-state index is 0.556. The fraction of sp³-hybridized carbons (Fsp3) is 0.278. The maximum absolute atomic E-state index is 5.79. The van der Waals surface area contributed by atoms with Crippen LogP contribution in [-0.2, 0) is 6.54 Å². The number of anilines is 1. The molecule has 1 saturated carbocycles. The van der Waals surface area contributed by atoms with Crippen molar-refractivity contribution >= 4 is 16.8 Å². The summed E-state index contributed by atoms with van der Waals surface area (Å²) in [5, 5.41) is 3.47. The van der Waals surface area contributed by atoms with E-state index in [1.165, 1.54) is 24.0 Å². The number of rotatable bonds is 4.